The number of rotatable bonds is 7. The van der Waals surface area contributed by atoms with Crippen molar-refractivity contribution >= 4 is 26.8 Å². The lowest BCUT2D eigenvalue weighted by atomic mass is 9.79. The molecule has 0 atom stereocenters. The number of hydrogen-bond donors (Lipinski definition) is 1. The number of phenolic OH excluding ortho intramolecular Hbond substituents is 1. The van der Waals surface area contributed by atoms with Crippen LogP contribution < -0.4 is 0 Å². The van der Waals surface area contributed by atoms with E-state index in [0.717, 1.165) is 5.56 Å². The summed E-state index contributed by atoms with van der Waals surface area (Å²) in [5.41, 5.74) is 1.50. The summed E-state index contributed by atoms with van der Waals surface area (Å²) < 4.78 is 32.3. The summed E-state index contributed by atoms with van der Waals surface area (Å²) in [6, 6.07) is 16.6. The standard InChI is InChI=1S/C30H33N3O5S/c1-19(2)28(35)38-18-30(6,7)20-16-22(29(3,4)5)27(34)24(17-20)33-31-23-14-11-15-25(26(23)32-33)39(36,37)21-12-9-8-10-13-21/h8-17,34H,1,18H2,2-7H3. The van der Waals surface area contributed by atoms with Crippen molar-refractivity contribution in [3.63, 3.8) is 0 Å². The van der Waals surface area contributed by atoms with Crippen molar-refractivity contribution in [2.24, 2.45) is 0 Å². The van der Waals surface area contributed by atoms with Crippen LogP contribution in [0.4, 0.5) is 0 Å². The highest BCUT2D eigenvalue weighted by atomic mass is 32.2. The number of aromatic hydroxyl groups is 1. The number of carbonyl (C=O) groups is 1. The van der Waals surface area contributed by atoms with Crippen LogP contribution in [0, 0.1) is 0 Å². The minimum Gasteiger partial charge on any atom is -0.505 e. The van der Waals surface area contributed by atoms with Gasteiger partial charge in [-0.05, 0) is 48.2 Å². The number of fused-ring (bicyclic) bond motifs is 1. The first-order valence-corrected chi connectivity index (χ1v) is 14.0. The van der Waals surface area contributed by atoms with E-state index in [1.165, 1.54) is 23.0 Å². The first kappa shape index (κ1) is 28.0. The van der Waals surface area contributed by atoms with E-state index in [2.05, 4.69) is 16.8 Å². The molecule has 0 saturated carbocycles. The van der Waals surface area contributed by atoms with Gasteiger partial charge < -0.3 is 9.84 Å². The minimum atomic E-state index is -3.86. The molecule has 0 aliphatic heterocycles. The van der Waals surface area contributed by atoms with Crippen LogP contribution in [0.1, 0.15) is 52.7 Å². The van der Waals surface area contributed by atoms with Crippen LogP contribution in [0.2, 0.25) is 0 Å². The summed E-state index contributed by atoms with van der Waals surface area (Å²) in [4.78, 5) is 13.5. The Balaban J connectivity index is 1.89. The van der Waals surface area contributed by atoms with Gasteiger partial charge in [0, 0.05) is 16.6 Å². The third-order valence-electron chi connectivity index (χ3n) is 6.53. The van der Waals surface area contributed by atoms with Crippen molar-refractivity contribution in [3.05, 3.63) is 83.9 Å². The number of phenols is 1. The predicted octanol–water partition coefficient (Wildman–Crippen LogP) is 5.65. The largest absolute Gasteiger partial charge is 0.505 e. The summed E-state index contributed by atoms with van der Waals surface area (Å²) in [5.74, 6) is -0.501. The van der Waals surface area contributed by atoms with Gasteiger partial charge in [-0.1, -0.05) is 71.5 Å². The molecule has 0 aliphatic rings. The molecular formula is C30H33N3O5S. The molecule has 0 unspecified atom stereocenters. The Morgan fingerprint density at radius 2 is 1.67 bits per heavy atom. The number of sulfone groups is 1. The lowest BCUT2D eigenvalue weighted by Gasteiger charge is -2.29. The molecule has 1 heterocycles. The Hall–Kier alpha value is -3.98. The molecule has 204 valence electrons. The molecule has 0 amide bonds. The van der Waals surface area contributed by atoms with E-state index in [9.17, 15) is 18.3 Å². The summed E-state index contributed by atoms with van der Waals surface area (Å²) >= 11 is 0. The van der Waals surface area contributed by atoms with E-state index in [1.54, 1.807) is 43.3 Å². The average molecular weight is 548 g/mol. The van der Waals surface area contributed by atoms with Crippen molar-refractivity contribution in [1.29, 1.82) is 0 Å². The van der Waals surface area contributed by atoms with Gasteiger partial charge in [0.2, 0.25) is 9.84 Å². The smallest absolute Gasteiger partial charge is 0.333 e. The quantitative estimate of drug-likeness (QED) is 0.235. The molecule has 8 nitrogen and oxygen atoms in total. The zero-order chi connectivity index (χ0) is 28.8. The Kier molecular flexibility index (Phi) is 7.16. The van der Waals surface area contributed by atoms with Gasteiger partial charge in [-0.2, -0.15) is 0 Å². The third kappa shape index (κ3) is 5.45. The minimum absolute atomic E-state index is 0.0197. The Morgan fingerprint density at radius 1 is 1.00 bits per heavy atom. The highest BCUT2D eigenvalue weighted by Crippen LogP contribution is 2.39. The topological polar surface area (TPSA) is 111 Å². The second kappa shape index (κ2) is 9.96. The van der Waals surface area contributed by atoms with Crippen molar-refractivity contribution in [3.8, 4) is 11.4 Å². The lowest BCUT2D eigenvalue weighted by molar-refractivity contribution is -0.140. The average Bonchev–Trinajstić information content (AvgIpc) is 3.31. The van der Waals surface area contributed by atoms with Gasteiger partial charge in [0.1, 0.15) is 34.0 Å². The molecule has 0 fully saturated rings. The van der Waals surface area contributed by atoms with Gasteiger partial charge in [0.25, 0.3) is 0 Å². The molecule has 0 spiro atoms. The van der Waals surface area contributed by atoms with Crippen molar-refractivity contribution in [2.45, 2.75) is 62.2 Å². The lowest BCUT2D eigenvalue weighted by Crippen LogP contribution is -2.27. The molecule has 9 heteroatoms. The fraction of sp³-hybridized carbons (Fsp3) is 0.300. The van der Waals surface area contributed by atoms with Crippen molar-refractivity contribution in [2.75, 3.05) is 6.61 Å². The van der Waals surface area contributed by atoms with Gasteiger partial charge in [-0.15, -0.1) is 15.0 Å². The van der Waals surface area contributed by atoms with Crippen LogP contribution in [-0.2, 0) is 30.2 Å². The maximum Gasteiger partial charge on any atom is 0.333 e. The van der Waals surface area contributed by atoms with Crippen LogP contribution >= 0.6 is 0 Å². The zero-order valence-corrected chi connectivity index (χ0v) is 23.8. The molecule has 4 rings (SSSR count). The van der Waals surface area contributed by atoms with Gasteiger partial charge in [0.15, 0.2) is 0 Å². The maximum absolute atomic E-state index is 13.4. The van der Waals surface area contributed by atoms with E-state index in [-0.39, 0.29) is 33.4 Å². The molecule has 0 radical (unpaired) electrons. The third-order valence-corrected chi connectivity index (χ3v) is 8.33. The molecule has 39 heavy (non-hydrogen) atoms. The molecule has 0 saturated heterocycles. The van der Waals surface area contributed by atoms with E-state index < -0.39 is 26.6 Å². The Labute approximate surface area is 228 Å². The number of aromatic nitrogens is 3. The molecular weight excluding hydrogens is 514 g/mol. The van der Waals surface area contributed by atoms with Crippen LogP contribution in [0.25, 0.3) is 16.7 Å². The molecule has 1 N–H and O–H groups in total. The first-order valence-electron chi connectivity index (χ1n) is 12.5. The van der Waals surface area contributed by atoms with E-state index in [1.807, 2.05) is 40.7 Å². The number of benzene rings is 3. The zero-order valence-electron chi connectivity index (χ0n) is 23.0. The van der Waals surface area contributed by atoms with Gasteiger partial charge in [-0.3, -0.25) is 0 Å². The van der Waals surface area contributed by atoms with E-state index in [0.29, 0.717) is 16.7 Å². The molecule has 1 aromatic heterocycles. The Morgan fingerprint density at radius 3 is 2.28 bits per heavy atom. The SMILES string of the molecule is C=C(C)C(=O)OCC(C)(C)c1cc(-n2nc3cccc(S(=O)(=O)c4ccccc4)c3n2)c(O)c(C(C)(C)C)c1. The number of esters is 1. The van der Waals surface area contributed by atoms with Crippen molar-refractivity contribution < 1.29 is 23.1 Å². The van der Waals surface area contributed by atoms with Gasteiger partial charge >= 0.3 is 5.97 Å². The number of carbonyl (C=O) groups excluding carboxylic acids is 1. The predicted molar refractivity (Wildman–Crippen MR) is 150 cm³/mol. The van der Waals surface area contributed by atoms with Crippen LogP contribution in [0.5, 0.6) is 5.75 Å². The molecule has 0 bridgehead atoms. The van der Waals surface area contributed by atoms with Crippen LogP contribution in [0.3, 0.4) is 0 Å². The highest BCUT2D eigenvalue weighted by molar-refractivity contribution is 7.91. The molecule has 0 aliphatic carbocycles. The highest BCUT2D eigenvalue weighted by Gasteiger charge is 2.30. The second-order valence-electron chi connectivity index (χ2n) is 11.3. The van der Waals surface area contributed by atoms with E-state index in [4.69, 9.17) is 4.74 Å². The van der Waals surface area contributed by atoms with Gasteiger partial charge in [-0.25, -0.2) is 13.2 Å². The summed E-state index contributed by atoms with van der Waals surface area (Å²) in [5, 5.41) is 20.5. The molecule has 3 aromatic carbocycles. The first-order chi connectivity index (χ1) is 18.1. The fourth-order valence-electron chi connectivity index (χ4n) is 4.15. The molecule has 4 aromatic rings. The number of nitrogens with zero attached hydrogens (tertiary/aromatic N) is 3. The monoisotopic (exact) mass is 547 g/mol. The Bertz CT molecular complexity index is 1680. The maximum atomic E-state index is 13.4. The number of ether oxygens (including phenoxy) is 1. The summed E-state index contributed by atoms with van der Waals surface area (Å²) in [6.45, 7) is 15.1. The van der Waals surface area contributed by atoms with Gasteiger partial charge in [0.05, 0.1) is 4.90 Å². The second-order valence-corrected chi connectivity index (χ2v) is 13.2. The van der Waals surface area contributed by atoms with Crippen LogP contribution in [-0.4, -0.2) is 41.1 Å². The van der Waals surface area contributed by atoms with Crippen molar-refractivity contribution in [1.82, 2.24) is 15.0 Å². The van der Waals surface area contributed by atoms with Crippen LogP contribution in [0.15, 0.2) is 82.6 Å². The van der Waals surface area contributed by atoms with E-state index >= 15 is 0 Å². The number of hydrogen-bond acceptors (Lipinski definition) is 7. The fourth-order valence-corrected chi connectivity index (χ4v) is 5.58. The summed E-state index contributed by atoms with van der Waals surface area (Å²) in [7, 11) is -3.86. The normalized spacial score (nSPS) is 12.5. The summed E-state index contributed by atoms with van der Waals surface area (Å²) in [6.07, 6.45) is 0.